The summed E-state index contributed by atoms with van der Waals surface area (Å²) in [6.07, 6.45) is 3.22. The monoisotopic (exact) mass is 389 g/mol. The van der Waals surface area contributed by atoms with Crippen LogP contribution in [-0.4, -0.2) is 63.8 Å². The van der Waals surface area contributed by atoms with Crippen LogP contribution in [0.3, 0.4) is 0 Å². The fourth-order valence-electron chi connectivity index (χ4n) is 2.75. The molecule has 1 saturated heterocycles. The number of benzene rings is 1. The second kappa shape index (κ2) is 10.1. The normalized spacial score (nSPS) is 15.4. The number of hydrogen-bond acceptors (Lipinski definition) is 4. The maximum Gasteiger partial charge on any atom is 0.243 e. The molecule has 25 heavy (non-hydrogen) atoms. The van der Waals surface area contributed by atoms with Crippen molar-refractivity contribution in [1.29, 1.82) is 0 Å². The molecule has 0 saturated carbocycles. The van der Waals surface area contributed by atoms with Crippen molar-refractivity contribution in [3.05, 3.63) is 29.8 Å². The first-order chi connectivity index (χ1) is 11.4. The summed E-state index contributed by atoms with van der Waals surface area (Å²) in [5.41, 5.74) is 0.828. The second-order valence-corrected chi connectivity index (χ2v) is 8.14. The van der Waals surface area contributed by atoms with Crippen LogP contribution in [0, 0.1) is 0 Å². The van der Waals surface area contributed by atoms with Gasteiger partial charge in [-0.3, -0.25) is 4.79 Å². The Bertz CT molecular complexity index is 644. The van der Waals surface area contributed by atoms with E-state index in [4.69, 9.17) is 0 Å². The van der Waals surface area contributed by atoms with Gasteiger partial charge in [-0.25, -0.2) is 8.42 Å². The van der Waals surface area contributed by atoms with E-state index in [1.54, 1.807) is 40.5 Å². The molecule has 1 aromatic rings. The molecule has 0 spiro atoms. The van der Waals surface area contributed by atoms with Gasteiger partial charge in [0.05, 0.1) is 11.3 Å². The highest BCUT2D eigenvalue weighted by molar-refractivity contribution is 7.89. The number of sulfonamides is 1. The lowest BCUT2D eigenvalue weighted by Gasteiger charge is -2.25. The molecule has 0 radical (unpaired) electrons. The van der Waals surface area contributed by atoms with E-state index in [1.807, 2.05) is 7.05 Å². The summed E-state index contributed by atoms with van der Waals surface area (Å²) >= 11 is 0. The van der Waals surface area contributed by atoms with E-state index in [0.717, 1.165) is 31.4 Å². The molecule has 1 aliphatic rings. The van der Waals surface area contributed by atoms with Crippen LogP contribution in [0.5, 0.6) is 0 Å². The van der Waals surface area contributed by atoms with Gasteiger partial charge in [0.15, 0.2) is 0 Å². The largest absolute Gasteiger partial charge is 0.344 e. The van der Waals surface area contributed by atoms with E-state index in [9.17, 15) is 13.2 Å². The van der Waals surface area contributed by atoms with Gasteiger partial charge < -0.3 is 10.2 Å². The van der Waals surface area contributed by atoms with E-state index in [2.05, 4.69) is 5.32 Å². The van der Waals surface area contributed by atoms with Crippen LogP contribution < -0.4 is 5.32 Å². The third-order valence-corrected chi connectivity index (χ3v) is 6.27. The summed E-state index contributed by atoms with van der Waals surface area (Å²) in [4.78, 5) is 14.1. The topological polar surface area (TPSA) is 69.7 Å². The SMILES string of the molecule is CNCCN(C)C(=O)Cc1ccc(S(=O)(=O)N2CCCCC2)cc1.Cl. The van der Waals surface area contributed by atoms with Crippen molar-refractivity contribution in [2.24, 2.45) is 0 Å². The summed E-state index contributed by atoms with van der Waals surface area (Å²) in [7, 11) is 0.214. The lowest BCUT2D eigenvalue weighted by atomic mass is 10.1. The molecule has 0 aliphatic carbocycles. The summed E-state index contributed by atoms with van der Waals surface area (Å²) in [6, 6.07) is 6.70. The summed E-state index contributed by atoms with van der Waals surface area (Å²) in [5.74, 6) is 0.0249. The van der Waals surface area contributed by atoms with Crippen molar-refractivity contribution in [2.75, 3.05) is 40.3 Å². The molecule has 1 heterocycles. The van der Waals surface area contributed by atoms with Gasteiger partial charge in [-0.1, -0.05) is 18.6 Å². The van der Waals surface area contributed by atoms with Crippen molar-refractivity contribution < 1.29 is 13.2 Å². The standard InChI is InChI=1S/C17H27N3O3S.ClH/c1-18-10-13-19(2)17(21)14-15-6-8-16(9-7-15)24(22,23)20-11-4-3-5-12-20;/h6-9,18H,3-5,10-14H2,1-2H3;1H. The molecule has 0 unspecified atom stereocenters. The molecule has 0 atom stereocenters. The van der Waals surface area contributed by atoms with E-state index in [1.165, 1.54) is 0 Å². The summed E-state index contributed by atoms with van der Waals surface area (Å²) in [5, 5.41) is 3.01. The molecule has 1 aliphatic heterocycles. The van der Waals surface area contributed by atoms with E-state index < -0.39 is 10.0 Å². The number of carbonyl (C=O) groups is 1. The lowest BCUT2D eigenvalue weighted by Crippen LogP contribution is -2.35. The van der Waals surface area contributed by atoms with Crippen LogP contribution in [0.4, 0.5) is 0 Å². The van der Waals surface area contributed by atoms with Crippen LogP contribution >= 0.6 is 12.4 Å². The zero-order valence-electron chi connectivity index (χ0n) is 14.9. The summed E-state index contributed by atoms with van der Waals surface area (Å²) in [6.45, 7) is 2.59. The van der Waals surface area contributed by atoms with Crippen LogP contribution in [0.1, 0.15) is 24.8 Å². The fraction of sp³-hybridized carbons (Fsp3) is 0.588. The molecule has 8 heteroatoms. The van der Waals surface area contributed by atoms with Crippen molar-refractivity contribution in [3.63, 3.8) is 0 Å². The smallest absolute Gasteiger partial charge is 0.243 e. The molecule has 1 aromatic carbocycles. The third-order valence-electron chi connectivity index (χ3n) is 4.35. The average Bonchev–Trinajstić information content (AvgIpc) is 2.60. The quantitative estimate of drug-likeness (QED) is 0.767. The van der Waals surface area contributed by atoms with E-state index >= 15 is 0 Å². The predicted octanol–water partition coefficient (Wildman–Crippen LogP) is 1.50. The van der Waals surface area contributed by atoms with Crippen LogP contribution in [-0.2, 0) is 21.2 Å². The Hall–Kier alpha value is -1.15. The second-order valence-electron chi connectivity index (χ2n) is 6.20. The molecular weight excluding hydrogens is 362 g/mol. The van der Waals surface area contributed by atoms with Gasteiger partial charge >= 0.3 is 0 Å². The van der Waals surface area contributed by atoms with E-state index in [-0.39, 0.29) is 24.7 Å². The van der Waals surface area contributed by atoms with Crippen LogP contribution in [0.15, 0.2) is 29.2 Å². The average molecular weight is 390 g/mol. The van der Waals surface area contributed by atoms with Gasteiger partial charge in [0.1, 0.15) is 0 Å². The van der Waals surface area contributed by atoms with Gasteiger partial charge in [0, 0.05) is 33.2 Å². The minimum absolute atomic E-state index is 0. The first kappa shape index (κ1) is 21.9. The molecular formula is C17H28ClN3O3S. The Labute approximate surface area is 157 Å². The highest BCUT2D eigenvalue weighted by atomic mass is 35.5. The maximum atomic E-state index is 12.6. The zero-order valence-corrected chi connectivity index (χ0v) is 16.5. The first-order valence-electron chi connectivity index (χ1n) is 8.43. The van der Waals surface area contributed by atoms with Crippen molar-refractivity contribution in [2.45, 2.75) is 30.6 Å². The Morgan fingerprint density at radius 1 is 1.16 bits per heavy atom. The third kappa shape index (κ3) is 5.95. The molecule has 0 bridgehead atoms. The number of amides is 1. The number of likely N-dealkylation sites (N-methyl/N-ethyl adjacent to an activating group) is 2. The number of carbonyl (C=O) groups excluding carboxylic acids is 1. The molecule has 1 amide bonds. The van der Waals surface area contributed by atoms with Gasteiger partial charge in [0.2, 0.25) is 15.9 Å². The Morgan fingerprint density at radius 3 is 2.32 bits per heavy atom. The Morgan fingerprint density at radius 2 is 1.76 bits per heavy atom. The van der Waals surface area contributed by atoms with Gasteiger partial charge in [0.25, 0.3) is 0 Å². The molecule has 1 fully saturated rings. The minimum Gasteiger partial charge on any atom is -0.344 e. The predicted molar refractivity (Wildman–Crippen MR) is 102 cm³/mol. The zero-order chi connectivity index (χ0) is 17.6. The van der Waals surface area contributed by atoms with Crippen LogP contribution in [0.2, 0.25) is 0 Å². The molecule has 1 N–H and O–H groups in total. The highest BCUT2D eigenvalue weighted by Gasteiger charge is 2.25. The lowest BCUT2D eigenvalue weighted by molar-refractivity contribution is -0.129. The fourth-order valence-corrected chi connectivity index (χ4v) is 4.26. The number of halogens is 1. The summed E-state index contributed by atoms with van der Waals surface area (Å²) < 4.78 is 26.7. The molecule has 142 valence electrons. The first-order valence-corrected chi connectivity index (χ1v) is 9.87. The minimum atomic E-state index is -3.41. The Balaban J connectivity index is 0.00000312. The number of hydrogen-bond donors (Lipinski definition) is 1. The van der Waals surface area contributed by atoms with Gasteiger partial charge in [-0.05, 0) is 37.6 Å². The molecule has 0 aromatic heterocycles. The number of nitrogens with one attached hydrogen (secondary N) is 1. The van der Waals surface area contributed by atoms with Crippen molar-refractivity contribution in [1.82, 2.24) is 14.5 Å². The number of rotatable bonds is 7. The maximum absolute atomic E-state index is 12.6. The van der Waals surface area contributed by atoms with Gasteiger partial charge in [-0.2, -0.15) is 4.31 Å². The number of nitrogens with zero attached hydrogens (tertiary/aromatic N) is 2. The van der Waals surface area contributed by atoms with Crippen molar-refractivity contribution in [3.8, 4) is 0 Å². The van der Waals surface area contributed by atoms with Crippen LogP contribution in [0.25, 0.3) is 0 Å². The molecule has 2 rings (SSSR count). The number of piperidine rings is 1. The van der Waals surface area contributed by atoms with Crippen molar-refractivity contribution >= 4 is 28.3 Å². The highest BCUT2D eigenvalue weighted by Crippen LogP contribution is 2.21. The Kier molecular flexibility index (Phi) is 8.85. The van der Waals surface area contributed by atoms with Gasteiger partial charge in [-0.15, -0.1) is 12.4 Å². The van der Waals surface area contributed by atoms with E-state index in [0.29, 0.717) is 24.5 Å². The molecule has 6 nitrogen and oxygen atoms in total.